The number of ether oxygens (including phenoxy) is 1. The van der Waals surface area contributed by atoms with Crippen molar-refractivity contribution in [3.05, 3.63) is 28.8 Å². The van der Waals surface area contributed by atoms with E-state index in [0.29, 0.717) is 24.8 Å². The number of rotatable bonds is 2. The summed E-state index contributed by atoms with van der Waals surface area (Å²) in [5.74, 6) is -2.37. The van der Waals surface area contributed by atoms with Crippen LogP contribution in [0.25, 0.3) is 0 Å². The average Bonchev–Trinajstić information content (AvgIpc) is 2.97. The number of halogens is 2. The summed E-state index contributed by atoms with van der Waals surface area (Å²) in [4.78, 5) is 11.6. The maximum absolute atomic E-state index is 14.2. The number of carboxylic acids is 1. The molecule has 0 bridgehead atoms. The molecule has 3 nitrogen and oxygen atoms in total. The van der Waals surface area contributed by atoms with Crippen LogP contribution in [0.2, 0.25) is 0 Å². The maximum atomic E-state index is 14.2. The third-order valence-electron chi connectivity index (χ3n) is 4.23. The lowest BCUT2D eigenvalue weighted by Gasteiger charge is -2.26. The van der Waals surface area contributed by atoms with Crippen molar-refractivity contribution in [3.63, 3.8) is 0 Å². The predicted molar refractivity (Wildman–Crippen MR) is 63.3 cm³/mol. The van der Waals surface area contributed by atoms with Crippen molar-refractivity contribution < 1.29 is 23.4 Å². The zero-order valence-electron chi connectivity index (χ0n) is 10.3. The highest BCUT2D eigenvalue weighted by molar-refractivity contribution is 5.83. The molecule has 1 N–H and O–H groups in total. The molecule has 102 valence electrons. The smallest absolute Gasteiger partial charge is 0.314 e. The monoisotopic (exact) mass is 268 g/mol. The first-order valence-corrected chi connectivity index (χ1v) is 6.44. The van der Waals surface area contributed by atoms with Crippen LogP contribution >= 0.6 is 0 Å². The fraction of sp³-hybridized carbons (Fsp3) is 0.500. The summed E-state index contributed by atoms with van der Waals surface area (Å²) in [7, 11) is 0. The van der Waals surface area contributed by atoms with Crippen molar-refractivity contribution in [2.24, 2.45) is 0 Å². The summed E-state index contributed by atoms with van der Waals surface area (Å²) in [6, 6.07) is 0.797. The van der Waals surface area contributed by atoms with Gasteiger partial charge >= 0.3 is 5.97 Å². The van der Waals surface area contributed by atoms with Gasteiger partial charge in [0.2, 0.25) is 0 Å². The molecule has 5 heteroatoms. The van der Waals surface area contributed by atoms with Gasteiger partial charge in [0.25, 0.3) is 0 Å². The highest BCUT2D eigenvalue weighted by Gasteiger charge is 2.48. The number of benzene rings is 1. The SMILES string of the molecule is O=C(O)C1(c2c(F)cc(F)c3c2OCC3)CCCC1. The van der Waals surface area contributed by atoms with Crippen molar-refractivity contribution in [1.29, 1.82) is 0 Å². The zero-order valence-corrected chi connectivity index (χ0v) is 10.3. The van der Waals surface area contributed by atoms with E-state index in [4.69, 9.17) is 4.74 Å². The Balaban J connectivity index is 2.25. The standard InChI is InChI=1S/C14H14F2O3/c15-9-7-10(16)11(12-8(9)3-6-19-12)14(13(17)18)4-1-2-5-14/h7H,1-6H2,(H,17,18). The third-order valence-corrected chi connectivity index (χ3v) is 4.23. The molecule has 1 aliphatic carbocycles. The van der Waals surface area contributed by atoms with Crippen molar-refractivity contribution in [2.75, 3.05) is 6.61 Å². The fourth-order valence-electron chi connectivity index (χ4n) is 3.28. The predicted octanol–water partition coefficient (Wildman–Crippen LogP) is 2.80. The summed E-state index contributed by atoms with van der Waals surface area (Å²) in [5.41, 5.74) is -0.901. The van der Waals surface area contributed by atoms with Crippen LogP contribution in [0.5, 0.6) is 5.75 Å². The summed E-state index contributed by atoms with van der Waals surface area (Å²) in [6.45, 7) is 0.276. The van der Waals surface area contributed by atoms with Crippen molar-refractivity contribution in [2.45, 2.75) is 37.5 Å². The van der Waals surface area contributed by atoms with Gasteiger partial charge in [-0.05, 0) is 12.8 Å². The topological polar surface area (TPSA) is 46.5 Å². The molecule has 0 atom stereocenters. The molecule has 1 aromatic carbocycles. The molecule has 0 unspecified atom stereocenters. The quantitative estimate of drug-likeness (QED) is 0.897. The Hall–Kier alpha value is -1.65. The second-order valence-electron chi connectivity index (χ2n) is 5.22. The van der Waals surface area contributed by atoms with Crippen LogP contribution in [0, 0.1) is 11.6 Å². The Morgan fingerprint density at radius 3 is 2.58 bits per heavy atom. The van der Waals surface area contributed by atoms with Gasteiger partial charge in [0, 0.05) is 23.6 Å². The maximum Gasteiger partial charge on any atom is 0.314 e. The van der Waals surface area contributed by atoms with Gasteiger partial charge in [-0.15, -0.1) is 0 Å². The fourth-order valence-corrected chi connectivity index (χ4v) is 3.28. The van der Waals surface area contributed by atoms with Crippen LogP contribution < -0.4 is 4.74 Å². The van der Waals surface area contributed by atoms with E-state index in [-0.39, 0.29) is 17.9 Å². The number of hydrogen-bond donors (Lipinski definition) is 1. The van der Waals surface area contributed by atoms with E-state index in [2.05, 4.69) is 0 Å². The molecule has 3 rings (SSSR count). The van der Waals surface area contributed by atoms with Gasteiger partial charge in [-0.1, -0.05) is 12.8 Å². The summed E-state index contributed by atoms with van der Waals surface area (Å²) in [6.07, 6.45) is 2.58. The number of carbonyl (C=O) groups is 1. The molecule has 0 aromatic heterocycles. The molecule has 0 saturated heterocycles. The molecule has 0 spiro atoms. The minimum Gasteiger partial charge on any atom is -0.492 e. The van der Waals surface area contributed by atoms with Gasteiger partial charge in [0.05, 0.1) is 12.0 Å². The first-order valence-electron chi connectivity index (χ1n) is 6.44. The molecule has 1 fully saturated rings. The largest absolute Gasteiger partial charge is 0.492 e. The molecular weight excluding hydrogens is 254 g/mol. The summed E-state index contributed by atoms with van der Waals surface area (Å²) < 4.78 is 33.2. The summed E-state index contributed by atoms with van der Waals surface area (Å²) in [5, 5.41) is 9.53. The molecule has 2 aliphatic rings. The van der Waals surface area contributed by atoms with Crippen LogP contribution in [0.1, 0.15) is 36.8 Å². The van der Waals surface area contributed by atoms with Gasteiger partial charge in [0.1, 0.15) is 17.4 Å². The van der Waals surface area contributed by atoms with E-state index in [1.807, 2.05) is 0 Å². The molecular formula is C14H14F2O3. The van der Waals surface area contributed by atoms with E-state index < -0.39 is 23.0 Å². The van der Waals surface area contributed by atoms with E-state index in [9.17, 15) is 18.7 Å². The minimum atomic E-state index is -1.26. The van der Waals surface area contributed by atoms with Crippen molar-refractivity contribution in [1.82, 2.24) is 0 Å². The van der Waals surface area contributed by atoms with Crippen molar-refractivity contribution >= 4 is 5.97 Å². The normalized spacial score (nSPS) is 20.1. The molecule has 0 radical (unpaired) electrons. The van der Waals surface area contributed by atoms with Gasteiger partial charge in [0.15, 0.2) is 0 Å². The Bertz CT molecular complexity index is 548. The second-order valence-corrected chi connectivity index (χ2v) is 5.22. The van der Waals surface area contributed by atoms with Gasteiger partial charge in [-0.2, -0.15) is 0 Å². The highest BCUT2D eigenvalue weighted by atomic mass is 19.1. The third kappa shape index (κ3) is 1.64. The van der Waals surface area contributed by atoms with Gasteiger partial charge in [-0.3, -0.25) is 4.79 Å². The van der Waals surface area contributed by atoms with E-state index in [1.54, 1.807) is 0 Å². The van der Waals surface area contributed by atoms with Crippen LogP contribution in [0.15, 0.2) is 6.07 Å². The van der Waals surface area contributed by atoms with E-state index in [0.717, 1.165) is 18.9 Å². The van der Waals surface area contributed by atoms with Crippen LogP contribution in [-0.2, 0) is 16.6 Å². The van der Waals surface area contributed by atoms with E-state index >= 15 is 0 Å². The molecule has 0 amide bonds. The molecule has 1 aliphatic heterocycles. The van der Waals surface area contributed by atoms with Crippen LogP contribution in [-0.4, -0.2) is 17.7 Å². The number of fused-ring (bicyclic) bond motifs is 1. The van der Waals surface area contributed by atoms with Crippen LogP contribution in [0.4, 0.5) is 8.78 Å². The van der Waals surface area contributed by atoms with E-state index in [1.165, 1.54) is 0 Å². The lowest BCUT2D eigenvalue weighted by Crippen LogP contribution is -2.34. The molecule has 1 aromatic rings. The number of hydrogen-bond acceptors (Lipinski definition) is 2. The first-order chi connectivity index (χ1) is 9.06. The Kier molecular flexibility index (Phi) is 2.73. The highest BCUT2D eigenvalue weighted by Crippen LogP contribution is 2.48. The lowest BCUT2D eigenvalue weighted by molar-refractivity contribution is -0.143. The molecule has 1 saturated carbocycles. The molecule has 1 heterocycles. The molecule has 19 heavy (non-hydrogen) atoms. The summed E-state index contributed by atoms with van der Waals surface area (Å²) >= 11 is 0. The zero-order chi connectivity index (χ0) is 13.6. The van der Waals surface area contributed by atoms with Gasteiger partial charge in [-0.25, -0.2) is 8.78 Å². The first kappa shape index (κ1) is 12.4. The number of aliphatic carboxylic acids is 1. The second kappa shape index (κ2) is 4.18. The Morgan fingerprint density at radius 2 is 1.95 bits per heavy atom. The van der Waals surface area contributed by atoms with Gasteiger partial charge < -0.3 is 9.84 Å². The minimum absolute atomic E-state index is 0.0476. The average molecular weight is 268 g/mol. The van der Waals surface area contributed by atoms with Crippen molar-refractivity contribution in [3.8, 4) is 5.75 Å². The lowest BCUT2D eigenvalue weighted by atomic mass is 9.77. The Labute approximate surface area is 109 Å². The Morgan fingerprint density at radius 1 is 1.26 bits per heavy atom. The number of carboxylic acid groups (broad SMARTS) is 1. The van der Waals surface area contributed by atoms with Crippen LogP contribution in [0.3, 0.4) is 0 Å².